The molecule has 3 heteroatoms. The summed E-state index contributed by atoms with van der Waals surface area (Å²) in [6, 6.07) is 7.59. The quantitative estimate of drug-likeness (QED) is 0.472. The van der Waals surface area contributed by atoms with Crippen molar-refractivity contribution in [1.82, 2.24) is 0 Å². The Labute approximate surface area is 75.0 Å². The molecular formula is C9H7NOS. The summed E-state index contributed by atoms with van der Waals surface area (Å²) in [5.74, 6) is 0. The SMILES string of the molecule is O=CC1(S)C=c2ccccc2=N1. The van der Waals surface area contributed by atoms with Crippen molar-refractivity contribution in [1.29, 1.82) is 0 Å². The van der Waals surface area contributed by atoms with Crippen LogP contribution in [0.4, 0.5) is 0 Å². The van der Waals surface area contributed by atoms with Crippen molar-refractivity contribution in [3.8, 4) is 0 Å². The van der Waals surface area contributed by atoms with Gasteiger partial charge in [-0.3, -0.25) is 9.79 Å². The topological polar surface area (TPSA) is 29.4 Å². The number of thiol groups is 1. The fourth-order valence-corrected chi connectivity index (χ4v) is 1.47. The van der Waals surface area contributed by atoms with Crippen molar-refractivity contribution >= 4 is 25.0 Å². The summed E-state index contributed by atoms with van der Waals surface area (Å²) in [5, 5.41) is 1.80. The Kier molecular flexibility index (Phi) is 1.54. The molecular weight excluding hydrogens is 170 g/mol. The summed E-state index contributed by atoms with van der Waals surface area (Å²) in [4.78, 5) is 13.8. The van der Waals surface area contributed by atoms with E-state index in [9.17, 15) is 4.79 Å². The van der Waals surface area contributed by atoms with Gasteiger partial charge in [0.25, 0.3) is 0 Å². The zero-order valence-corrected chi connectivity index (χ0v) is 7.16. The van der Waals surface area contributed by atoms with Gasteiger partial charge in [0.15, 0.2) is 11.2 Å². The van der Waals surface area contributed by atoms with Gasteiger partial charge in [-0.15, -0.1) is 12.6 Å². The molecule has 60 valence electrons. The van der Waals surface area contributed by atoms with Crippen molar-refractivity contribution in [2.24, 2.45) is 4.99 Å². The molecule has 0 bridgehead atoms. The standard InChI is InChI=1S/C9H7NOS/c11-6-9(12)5-7-3-1-2-4-8(7)10-9/h1-6,12H. The fraction of sp³-hybridized carbons (Fsp3) is 0.111. The van der Waals surface area contributed by atoms with E-state index in [1.54, 1.807) is 6.08 Å². The molecule has 0 fully saturated rings. The number of para-hydroxylation sites is 1. The molecule has 0 spiro atoms. The number of hydrogen-bond acceptors (Lipinski definition) is 3. The van der Waals surface area contributed by atoms with Gasteiger partial charge in [-0.05, 0) is 17.4 Å². The number of aldehydes is 1. The van der Waals surface area contributed by atoms with Crippen LogP contribution in [0.1, 0.15) is 0 Å². The van der Waals surface area contributed by atoms with Crippen LogP contribution in [0.2, 0.25) is 0 Å². The van der Waals surface area contributed by atoms with Crippen LogP contribution < -0.4 is 10.6 Å². The van der Waals surface area contributed by atoms with Crippen LogP contribution in [0.15, 0.2) is 29.3 Å². The Morgan fingerprint density at radius 1 is 1.42 bits per heavy atom. The minimum Gasteiger partial charge on any atom is -0.299 e. The molecule has 2 nitrogen and oxygen atoms in total. The van der Waals surface area contributed by atoms with Crippen molar-refractivity contribution in [2.75, 3.05) is 0 Å². The maximum atomic E-state index is 10.6. The highest BCUT2D eigenvalue weighted by atomic mass is 32.1. The van der Waals surface area contributed by atoms with Gasteiger partial charge >= 0.3 is 0 Å². The van der Waals surface area contributed by atoms with Gasteiger partial charge in [-0.25, -0.2) is 0 Å². The first-order valence-electron chi connectivity index (χ1n) is 3.60. The first-order valence-corrected chi connectivity index (χ1v) is 4.05. The molecule has 0 saturated heterocycles. The third-order valence-corrected chi connectivity index (χ3v) is 2.11. The Morgan fingerprint density at radius 3 is 2.83 bits per heavy atom. The largest absolute Gasteiger partial charge is 0.299 e. The van der Waals surface area contributed by atoms with Crippen LogP contribution >= 0.6 is 12.6 Å². The van der Waals surface area contributed by atoms with E-state index < -0.39 is 4.87 Å². The molecule has 0 N–H and O–H groups in total. The number of carbonyl (C=O) groups is 1. The normalized spacial score (nSPS) is 25.4. The zero-order valence-electron chi connectivity index (χ0n) is 6.27. The molecule has 1 heterocycles. The van der Waals surface area contributed by atoms with Crippen LogP contribution in [0, 0.1) is 0 Å². The molecule has 1 unspecified atom stereocenters. The van der Waals surface area contributed by atoms with Gasteiger partial charge in [0.05, 0.1) is 5.36 Å². The van der Waals surface area contributed by atoms with Crippen molar-refractivity contribution in [2.45, 2.75) is 4.87 Å². The van der Waals surface area contributed by atoms with E-state index in [4.69, 9.17) is 0 Å². The first-order chi connectivity index (χ1) is 5.73. The second-order valence-corrected chi connectivity index (χ2v) is 3.43. The van der Waals surface area contributed by atoms with Gasteiger partial charge in [-0.2, -0.15) is 0 Å². The lowest BCUT2D eigenvalue weighted by atomic mass is 10.2. The summed E-state index contributed by atoms with van der Waals surface area (Å²) in [7, 11) is 0. The highest BCUT2D eigenvalue weighted by Crippen LogP contribution is 2.15. The van der Waals surface area contributed by atoms with Crippen molar-refractivity contribution in [3.63, 3.8) is 0 Å². The maximum absolute atomic E-state index is 10.6. The van der Waals surface area contributed by atoms with E-state index in [1.807, 2.05) is 24.3 Å². The Bertz CT molecular complexity index is 403. The molecule has 0 radical (unpaired) electrons. The van der Waals surface area contributed by atoms with Gasteiger partial charge in [0.2, 0.25) is 0 Å². The van der Waals surface area contributed by atoms with E-state index in [0.717, 1.165) is 16.9 Å². The number of rotatable bonds is 1. The smallest absolute Gasteiger partial charge is 0.178 e. The predicted molar refractivity (Wildman–Crippen MR) is 49.5 cm³/mol. The minimum atomic E-state index is -0.941. The minimum absolute atomic E-state index is 0.732. The van der Waals surface area contributed by atoms with Gasteiger partial charge in [-0.1, -0.05) is 18.2 Å². The second kappa shape index (κ2) is 2.45. The molecule has 1 aliphatic rings. The van der Waals surface area contributed by atoms with E-state index in [0.29, 0.717) is 0 Å². The summed E-state index contributed by atoms with van der Waals surface area (Å²) in [6.45, 7) is 0. The van der Waals surface area contributed by atoms with Gasteiger partial charge in [0, 0.05) is 0 Å². The van der Waals surface area contributed by atoms with E-state index >= 15 is 0 Å². The second-order valence-electron chi connectivity index (χ2n) is 2.72. The molecule has 1 atom stereocenters. The average Bonchev–Trinajstić information content (AvgIpc) is 2.42. The number of hydrogen-bond donors (Lipinski definition) is 1. The summed E-state index contributed by atoms with van der Waals surface area (Å²) in [6.07, 6.45) is 2.48. The monoisotopic (exact) mass is 177 g/mol. The van der Waals surface area contributed by atoms with E-state index in [-0.39, 0.29) is 0 Å². The molecule has 0 aliphatic carbocycles. The molecule has 1 aromatic carbocycles. The maximum Gasteiger partial charge on any atom is 0.178 e. The van der Waals surface area contributed by atoms with Crippen LogP contribution in [-0.2, 0) is 4.79 Å². The molecule has 0 saturated carbocycles. The predicted octanol–water partition coefficient (Wildman–Crippen LogP) is -0.0747. The molecule has 0 amide bonds. The molecule has 1 aliphatic heterocycles. The van der Waals surface area contributed by atoms with E-state index in [2.05, 4.69) is 17.6 Å². The highest BCUT2D eigenvalue weighted by Gasteiger charge is 2.22. The summed E-state index contributed by atoms with van der Waals surface area (Å²) in [5.41, 5.74) is 0. The number of carbonyl (C=O) groups excluding carboxylic acids is 1. The lowest BCUT2D eigenvalue weighted by Crippen LogP contribution is -2.19. The lowest BCUT2D eigenvalue weighted by molar-refractivity contribution is -0.108. The third kappa shape index (κ3) is 1.06. The molecule has 0 aromatic heterocycles. The Hall–Kier alpha value is -1.09. The summed E-state index contributed by atoms with van der Waals surface area (Å²) < 4.78 is 0. The van der Waals surface area contributed by atoms with Crippen LogP contribution in [-0.4, -0.2) is 11.2 Å². The third-order valence-electron chi connectivity index (χ3n) is 1.78. The Balaban J connectivity index is 2.75. The van der Waals surface area contributed by atoms with Crippen LogP contribution in [0.5, 0.6) is 0 Å². The fourth-order valence-electron chi connectivity index (χ4n) is 1.23. The zero-order chi connectivity index (χ0) is 8.60. The number of fused-ring (bicyclic) bond motifs is 1. The highest BCUT2D eigenvalue weighted by molar-refractivity contribution is 7.83. The average molecular weight is 177 g/mol. The lowest BCUT2D eigenvalue weighted by Gasteiger charge is -2.04. The number of benzene rings is 1. The van der Waals surface area contributed by atoms with Gasteiger partial charge < -0.3 is 0 Å². The molecule has 2 rings (SSSR count). The first kappa shape index (κ1) is 7.55. The Morgan fingerprint density at radius 2 is 2.17 bits per heavy atom. The van der Waals surface area contributed by atoms with Crippen LogP contribution in [0.3, 0.4) is 0 Å². The molecule has 12 heavy (non-hydrogen) atoms. The van der Waals surface area contributed by atoms with Crippen molar-refractivity contribution < 1.29 is 4.79 Å². The van der Waals surface area contributed by atoms with E-state index in [1.165, 1.54) is 0 Å². The number of nitrogens with zero attached hydrogens (tertiary/aromatic N) is 1. The molecule has 1 aromatic rings. The van der Waals surface area contributed by atoms with Gasteiger partial charge in [0.1, 0.15) is 0 Å². The van der Waals surface area contributed by atoms with Crippen molar-refractivity contribution in [3.05, 3.63) is 34.8 Å². The summed E-state index contributed by atoms with van der Waals surface area (Å²) >= 11 is 4.14. The van der Waals surface area contributed by atoms with Crippen LogP contribution in [0.25, 0.3) is 6.08 Å².